The second-order valence-electron chi connectivity index (χ2n) is 18.4. The quantitative estimate of drug-likeness (QED) is 0.123. The molecule has 6 heteroatoms. The maximum atomic E-state index is 9.19. The van der Waals surface area contributed by atoms with Crippen LogP contribution in [0.2, 0.25) is 0 Å². The Hall–Kier alpha value is -8.11. The van der Waals surface area contributed by atoms with Crippen molar-refractivity contribution in [2.45, 2.75) is 26.2 Å². The Morgan fingerprint density at radius 2 is 1.19 bits per heavy atom. The molecule has 5 nitrogen and oxygen atoms in total. The Morgan fingerprint density at radius 1 is 0.557 bits per heavy atom. The van der Waals surface area contributed by atoms with Crippen molar-refractivity contribution in [1.29, 1.82) is 0 Å². The number of rotatable bonds is 6. The first-order chi connectivity index (χ1) is 35.9. The Kier molecular flexibility index (Phi) is 9.26. The normalized spacial score (nSPS) is 12.8. The number of hydrogen-bond acceptors (Lipinski definition) is 2. The summed E-state index contributed by atoms with van der Waals surface area (Å²) in [7, 11) is 0. The molecule has 338 valence electrons. The molecule has 0 saturated heterocycles. The second-order valence-corrected chi connectivity index (χ2v) is 18.4. The van der Waals surface area contributed by atoms with Gasteiger partial charge in [0, 0.05) is 44.3 Å². The van der Waals surface area contributed by atoms with Crippen molar-refractivity contribution in [2.75, 3.05) is 0 Å². The monoisotopic (exact) mass is 1080 g/mol. The molecule has 4 heterocycles. The largest absolute Gasteiger partial charge is 0.509 e. The average molecular weight is 1090 g/mol. The molecule has 0 bridgehead atoms. The summed E-state index contributed by atoms with van der Waals surface area (Å²) in [5.74, 6) is 1.14. The molecule has 0 unspecified atom stereocenters. The zero-order chi connectivity index (χ0) is 50.6. The third-order valence-corrected chi connectivity index (χ3v) is 13.2. The molecular formula is C64H44N4OPt-2. The predicted molar refractivity (Wildman–Crippen MR) is 279 cm³/mol. The maximum Gasteiger partial charge on any atom is 0.268 e. The van der Waals surface area contributed by atoms with Gasteiger partial charge in [0.1, 0.15) is 5.82 Å². The molecule has 13 rings (SSSR count). The molecule has 0 spiro atoms. The van der Waals surface area contributed by atoms with E-state index in [-0.39, 0.29) is 55.4 Å². The molecule has 0 N–H and O–H groups in total. The number of imidazole rings is 1. The fourth-order valence-electron chi connectivity index (χ4n) is 10.0. The minimum Gasteiger partial charge on any atom is -0.509 e. The fourth-order valence-corrected chi connectivity index (χ4v) is 10.0. The Balaban J connectivity index is 0.00000569. The number of para-hydroxylation sites is 3. The van der Waals surface area contributed by atoms with E-state index in [0.717, 1.165) is 83.1 Å². The summed E-state index contributed by atoms with van der Waals surface area (Å²) in [6.07, 6.45) is 5.65. The van der Waals surface area contributed by atoms with E-state index in [0.29, 0.717) is 22.8 Å². The van der Waals surface area contributed by atoms with Gasteiger partial charge in [-0.3, -0.25) is 4.57 Å². The van der Waals surface area contributed by atoms with Gasteiger partial charge in [-0.1, -0.05) is 201 Å². The van der Waals surface area contributed by atoms with Crippen LogP contribution in [-0.4, -0.2) is 14.1 Å². The average Bonchev–Trinajstić information content (AvgIpc) is 3.98. The van der Waals surface area contributed by atoms with Gasteiger partial charge in [0.15, 0.2) is 0 Å². The molecule has 0 amide bonds. The number of nitrogens with zero attached hydrogens (tertiary/aromatic N) is 4. The number of pyridine rings is 1. The van der Waals surface area contributed by atoms with Crippen LogP contribution in [0.5, 0.6) is 11.5 Å². The van der Waals surface area contributed by atoms with Crippen molar-refractivity contribution in [2.24, 2.45) is 0 Å². The SMILES string of the molecule is [2H]c1c([2H])c([2H])c(-c2cc3c4ccccc4n(-c4cc(C(C)(C)C)ccn4)c3[c-]c2Oc2[c-]c(-n3[c-][n+]4c5c(cccc53)-c3ccccc3-c3ccccc3-c3cccc(-c5ccccc5)c3-4)ccc2)c([2H])c1[2H].[Pt]. The van der Waals surface area contributed by atoms with E-state index in [1.807, 2.05) is 69.9 Å². The van der Waals surface area contributed by atoms with Gasteiger partial charge in [-0.05, 0) is 84.8 Å². The van der Waals surface area contributed by atoms with Gasteiger partial charge in [-0.25, -0.2) is 4.98 Å². The molecule has 0 aliphatic carbocycles. The number of benzene rings is 9. The Labute approximate surface area is 428 Å². The predicted octanol–water partition coefficient (Wildman–Crippen LogP) is 15.5. The van der Waals surface area contributed by atoms with E-state index in [1.54, 1.807) is 6.07 Å². The minimum atomic E-state index is -0.480. The van der Waals surface area contributed by atoms with Crippen LogP contribution in [0.4, 0.5) is 0 Å². The van der Waals surface area contributed by atoms with E-state index >= 15 is 0 Å². The van der Waals surface area contributed by atoms with E-state index in [2.05, 4.69) is 159 Å². The van der Waals surface area contributed by atoms with Gasteiger partial charge in [0.05, 0.1) is 23.6 Å². The molecule has 1 aliphatic heterocycles. The third kappa shape index (κ3) is 7.11. The van der Waals surface area contributed by atoms with Gasteiger partial charge < -0.3 is 13.9 Å². The summed E-state index contributed by atoms with van der Waals surface area (Å²) < 4.78 is 57.5. The van der Waals surface area contributed by atoms with Gasteiger partial charge in [-0.2, -0.15) is 18.2 Å². The van der Waals surface area contributed by atoms with E-state index < -0.39 is 18.1 Å². The van der Waals surface area contributed by atoms with E-state index in [4.69, 9.17) is 13.8 Å². The first-order valence-corrected chi connectivity index (χ1v) is 23.1. The second kappa shape index (κ2) is 17.1. The smallest absolute Gasteiger partial charge is 0.268 e. The Bertz CT molecular complexity index is 4260. The molecular weight excluding hydrogens is 1040 g/mol. The number of ether oxygens (including phenoxy) is 1. The van der Waals surface area contributed by atoms with Crippen LogP contribution in [-0.2, 0) is 26.5 Å². The van der Waals surface area contributed by atoms with Crippen molar-refractivity contribution in [1.82, 2.24) is 14.1 Å². The van der Waals surface area contributed by atoms with Crippen molar-refractivity contribution in [3.05, 3.63) is 236 Å². The topological polar surface area (TPSA) is 35.9 Å². The molecule has 0 atom stereocenters. The van der Waals surface area contributed by atoms with E-state index in [1.165, 1.54) is 0 Å². The van der Waals surface area contributed by atoms with Crippen LogP contribution >= 0.6 is 0 Å². The maximum absolute atomic E-state index is 9.19. The fraction of sp³-hybridized carbons (Fsp3) is 0.0625. The van der Waals surface area contributed by atoms with Gasteiger partial charge >= 0.3 is 0 Å². The van der Waals surface area contributed by atoms with Crippen LogP contribution < -0.4 is 9.30 Å². The Morgan fingerprint density at radius 3 is 1.96 bits per heavy atom. The minimum absolute atomic E-state index is 0. The molecule has 3 aromatic heterocycles. The number of fused-ring (bicyclic) bond motifs is 10. The summed E-state index contributed by atoms with van der Waals surface area (Å²) >= 11 is 0. The summed E-state index contributed by atoms with van der Waals surface area (Å²) in [5, 5.41) is 1.62. The standard InChI is InChI=1S/C64H44N4O.Pt/c1-64(2,3)44-35-36-65-61(37-44)68-57-33-15-14-29-52(57)56-39-55(43-21-8-5-9-22-43)60(40-59(56)68)69-46-24-16-23-45(38-46)66-41-67-62-47(42-19-6-4-7-20-42)30-17-31-53(62)50-27-12-10-25-48(50)49-26-11-13-28-51(49)54-32-18-34-58(66)63(54)67;/h4-37,39H,1-3H3;/q-2;/i5D,8D,9D,21D,22D;. The summed E-state index contributed by atoms with van der Waals surface area (Å²) in [4.78, 5) is 4.88. The molecule has 9 aromatic carbocycles. The zero-order valence-electron chi connectivity index (χ0n) is 43.3. The van der Waals surface area contributed by atoms with Gasteiger partial charge in [-0.15, -0.1) is 23.6 Å². The van der Waals surface area contributed by atoms with Gasteiger partial charge in [0.25, 0.3) is 6.33 Å². The number of hydrogen-bond donors (Lipinski definition) is 0. The summed E-state index contributed by atoms with van der Waals surface area (Å²) in [5.41, 5.74) is 14.8. The van der Waals surface area contributed by atoms with Gasteiger partial charge in [0.2, 0.25) is 0 Å². The first-order valence-electron chi connectivity index (χ1n) is 25.6. The van der Waals surface area contributed by atoms with Crippen molar-refractivity contribution in [3.63, 3.8) is 0 Å². The summed E-state index contributed by atoms with van der Waals surface area (Å²) in [6.45, 7) is 6.49. The zero-order valence-corrected chi connectivity index (χ0v) is 40.6. The van der Waals surface area contributed by atoms with Crippen LogP contribution in [0.15, 0.2) is 212 Å². The van der Waals surface area contributed by atoms with Crippen LogP contribution in [0.1, 0.15) is 33.2 Å². The molecule has 0 fully saturated rings. The van der Waals surface area contributed by atoms with Crippen molar-refractivity contribution < 1.29 is 37.2 Å². The van der Waals surface area contributed by atoms with Crippen LogP contribution in [0.25, 0.3) is 106 Å². The summed E-state index contributed by atoms with van der Waals surface area (Å²) in [6, 6.07) is 65.1. The van der Waals surface area contributed by atoms with Crippen molar-refractivity contribution in [3.8, 4) is 84.3 Å². The molecule has 0 saturated carbocycles. The third-order valence-electron chi connectivity index (χ3n) is 13.2. The molecule has 12 aromatic rings. The molecule has 0 radical (unpaired) electrons. The molecule has 1 aliphatic rings. The van der Waals surface area contributed by atoms with E-state index in [9.17, 15) is 2.74 Å². The van der Waals surface area contributed by atoms with Crippen molar-refractivity contribution >= 4 is 32.8 Å². The first kappa shape index (κ1) is 37.8. The molecule has 70 heavy (non-hydrogen) atoms. The number of aromatic nitrogens is 4. The van der Waals surface area contributed by atoms with Crippen LogP contribution in [0, 0.1) is 18.5 Å². The van der Waals surface area contributed by atoms with Crippen LogP contribution in [0.3, 0.4) is 0 Å².